The third kappa shape index (κ3) is 6.40. The lowest BCUT2D eigenvalue weighted by Gasteiger charge is -2.41. The smallest absolute Gasteiger partial charge is 0.221 e. The molecule has 1 saturated heterocycles. The molecular formula is C18H35N3O2. The molecule has 23 heavy (non-hydrogen) atoms. The summed E-state index contributed by atoms with van der Waals surface area (Å²) in [6.07, 6.45) is 7.59. The third-order valence-corrected chi connectivity index (χ3v) is 5.28. The first-order chi connectivity index (χ1) is 11.1. The third-order valence-electron chi connectivity index (χ3n) is 5.28. The number of amides is 1. The van der Waals surface area contributed by atoms with E-state index in [4.69, 9.17) is 0 Å². The molecule has 0 radical (unpaired) electrons. The van der Waals surface area contributed by atoms with Gasteiger partial charge in [0.25, 0.3) is 0 Å². The van der Waals surface area contributed by atoms with Crippen LogP contribution in [-0.4, -0.2) is 71.7 Å². The molecule has 0 bridgehead atoms. The summed E-state index contributed by atoms with van der Waals surface area (Å²) in [5, 5.41) is 12.8. The van der Waals surface area contributed by atoms with Gasteiger partial charge in [-0.3, -0.25) is 14.6 Å². The molecule has 0 aromatic heterocycles. The fourth-order valence-corrected chi connectivity index (χ4v) is 3.93. The van der Waals surface area contributed by atoms with E-state index in [9.17, 15) is 9.90 Å². The Morgan fingerprint density at radius 3 is 2.65 bits per heavy atom. The first-order valence-electron chi connectivity index (χ1n) is 9.52. The van der Waals surface area contributed by atoms with Gasteiger partial charge in [-0.15, -0.1) is 0 Å². The second-order valence-electron chi connectivity index (χ2n) is 7.36. The Kier molecular flexibility index (Phi) is 7.80. The quantitative estimate of drug-likeness (QED) is 0.746. The van der Waals surface area contributed by atoms with E-state index in [1.165, 1.54) is 19.3 Å². The lowest BCUT2D eigenvalue weighted by molar-refractivity contribution is -0.122. The number of carbonyl (C=O) groups is 1. The summed E-state index contributed by atoms with van der Waals surface area (Å²) < 4.78 is 0. The molecule has 134 valence electrons. The predicted molar refractivity (Wildman–Crippen MR) is 93.4 cm³/mol. The molecular weight excluding hydrogens is 290 g/mol. The van der Waals surface area contributed by atoms with Gasteiger partial charge in [0.15, 0.2) is 0 Å². The SMILES string of the molecule is CC[C@H]1CN(CCC(=O)NC2CCCCC2)CCN1C[C@@H](C)O. The van der Waals surface area contributed by atoms with Crippen LogP contribution < -0.4 is 5.32 Å². The van der Waals surface area contributed by atoms with Crippen LogP contribution in [0.25, 0.3) is 0 Å². The number of nitrogens with one attached hydrogen (secondary N) is 1. The van der Waals surface area contributed by atoms with Gasteiger partial charge in [0.1, 0.15) is 0 Å². The van der Waals surface area contributed by atoms with Crippen molar-refractivity contribution in [2.45, 2.75) is 77.0 Å². The second-order valence-corrected chi connectivity index (χ2v) is 7.36. The van der Waals surface area contributed by atoms with Gasteiger partial charge in [-0.1, -0.05) is 26.2 Å². The van der Waals surface area contributed by atoms with Crippen molar-refractivity contribution in [1.29, 1.82) is 0 Å². The van der Waals surface area contributed by atoms with Crippen LogP contribution >= 0.6 is 0 Å². The van der Waals surface area contributed by atoms with Crippen molar-refractivity contribution in [3.63, 3.8) is 0 Å². The van der Waals surface area contributed by atoms with Gasteiger partial charge < -0.3 is 10.4 Å². The molecule has 0 spiro atoms. The van der Waals surface area contributed by atoms with E-state index in [0.717, 1.165) is 52.0 Å². The Balaban J connectivity index is 1.68. The number of aliphatic hydroxyl groups is 1. The van der Waals surface area contributed by atoms with E-state index < -0.39 is 0 Å². The zero-order chi connectivity index (χ0) is 16.7. The van der Waals surface area contributed by atoms with Gasteiger partial charge in [0, 0.05) is 51.2 Å². The predicted octanol–water partition coefficient (Wildman–Crippen LogP) is 1.60. The lowest BCUT2D eigenvalue weighted by atomic mass is 9.95. The summed E-state index contributed by atoms with van der Waals surface area (Å²) in [5.41, 5.74) is 0. The first-order valence-corrected chi connectivity index (χ1v) is 9.52. The molecule has 0 aromatic rings. The minimum atomic E-state index is -0.267. The number of carbonyl (C=O) groups excluding carboxylic acids is 1. The van der Waals surface area contributed by atoms with Crippen molar-refractivity contribution in [2.75, 3.05) is 32.7 Å². The van der Waals surface area contributed by atoms with E-state index in [1.807, 2.05) is 6.92 Å². The highest BCUT2D eigenvalue weighted by Crippen LogP contribution is 2.17. The highest BCUT2D eigenvalue weighted by Gasteiger charge is 2.26. The number of nitrogens with zero attached hydrogens (tertiary/aromatic N) is 2. The Morgan fingerprint density at radius 2 is 2.00 bits per heavy atom. The van der Waals surface area contributed by atoms with Crippen LogP contribution in [0.4, 0.5) is 0 Å². The number of aliphatic hydroxyl groups excluding tert-OH is 1. The fraction of sp³-hybridized carbons (Fsp3) is 0.944. The molecule has 2 fully saturated rings. The van der Waals surface area contributed by atoms with E-state index >= 15 is 0 Å². The van der Waals surface area contributed by atoms with Crippen molar-refractivity contribution in [3.8, 4) is 0 Å². The molecule has 2 N–H and O–H groups in total. The molecule has 0 aromatic carbocycles. The number of rotatable bonds is 7. The maximum Gasteiger partial charge on any atom is 0.221 e. The minimum Gasteiger partial charge on any atom is -0.392 e. The van der Waals surface area contributed by atoms with Crippen LogP contribution in [0, 0.1) is 0 Å². The van der Waals surface area contributed by atoms with E-state index in [0.29, 0.717) is 18.5 Å². The molecule has 2 aliphatic rings. The van der Waals surface area contributed by atoms with Crippen LogP contribution in [0.1, 0.15) is 58.8 Å². The molecule has 1 aliphatic heterocycles. The number of hydrogen-bond acceptors (Lipinski definition) is 4. The highest BCUT2D eigenvalue weighted by atomic mass is 16.3. The van der Waals surface area contributed by atoms with Crippen LogP contribution in [0.15, 0.2) is 0 Å². The molecule has 2 rings (SSSR count). The number of piperazine rings is 1. The average Bonchev–Trinajstić information content (AvgIpc) is 2.54. The zero-order valence-corrected chi connectivity index (χ0v) is 15.0. The minimum absolute atomic E-state index is 0.219. The topological polar surface area (TPSA) is 55.8 Å². The second kappa shape index (κ2) is 9.60. The average molecular weight is 325 g/mol. The lowest BCUT2D eigenvalue weighted by Crippen LogP contribution is -2.54. The van der Waals surface area contributed by atoms with Gasteiger partial charge in [-0.05, 0) is 26.2 Å². The fourth-order valence-electron chi connectivity index (χ4n) is 3.93. The first kappa shape index (κ1) is 18.7. The van der Waals surface area contributed by atoms with Crippen LogP contribution in [-0.2, 0) is 4.79 Å². The summed E-state index contributed by atoms with van der Waals surface area (Å²) in [6.45, 7) is 8.69. The monoisotopic (exact) mass is 325 g/mol. The summed E-state index contributed by atoms with van der Waals surface area (Å²) in [6, 6.07) is 0.919. The molecule has 5 heteroatoms. The molecule has 0 unspecified atom stereocenters. The molecule has 1 aliphatic carbocycles. The Hall–Kier alpha value is -0.650. The Morgan fingerprint density at radius 1 is 1.26 bits per heavy atom. The Labute approximate surface area is 141 Å². The van der Waals surface area contributed by atoms with E-state index in [2.05, 4.69) is 22.0 Å². The van der Waals surface area contributed by atoms with Crippen molar-refractivity contribution in [3.05, 3.63) is 0 Å². The van der Waals surface area contributed by atoms with Gasteiger partial charge in [0.2, 0.25) is 5.91 Å². The highest BCUT2D eigenvalue weighted by molar-refractivity contribution is 5.76. The van der Waals surface area contributed by atoms with Crippen LogP contribution in [0.5, 0.6) is 0 Å². The zero-order valence-electron chi connectivity index (χ0n) is 15.0. The summed E-state index contributed by atoms with van der Waals surface area (Å²) >= 11 is 0. The van der Waals surface area contributed by atoms with Gasteiger partial charge in [0.05, 0.1) is 6.10 Å². The molecule has 1 heterocycles. The largest absolute Gasteiger partial charge is 0.392 e. The number of hydrogen-bond donors (Lipinski definition) is 2. The van der Waals surface area contributed by atoms with Crippen molar-refractivity contribution in [1.82, 2.24) is 15.1 Å². The Bertz CT molecular complexity index is 356. The molecule has 1 saturated carbocycles. The molecule has 2 atom stereocenters. The maximum absolute atomic E-state index is 12.1. The van der Waals surface area contributed by atoms with Crippen molar-refractivity contribution < 1.29 is 9.90 Å². The van der Waals surface area contributed by atoms with Gasteiger partial charge >= 0.3 is 0 Å². The summed E-state index contributed by atoms with van der Waals surface area (Å²) in [4.78, 5) is 16.9. The summed E-state index contributed by atoms with van der Waals surface area (Å²) in [7, 11) is 0. The van der Waals surface area contributed by atoms with Gasteiger partial charge in [-0.25, -0.2) is 0 Å². The van der Waals surface area contributed by atoms with Crippen LogP contribution in [0.2, 0.25) is 0 Å². The van der Waals surface area contributed by atoms with Gasteiger partial charge in [-0.2, -0.15) is 0 Å². The van der Waals surface area contributed by atoms with E-state index in [-0.39, 0.29) is 12.0 Å². The summed E-state index contributed by atoms with van der Waals surface area (Å²) in [5.74, 6) is 0.219. The van der Waals surface area contributed by atoms with Crippen molar-refractivity contribution >= 4 is 5.91 Å². The van der Waals surface area contributed by atoms with Crippen LogP contribution in [0.3, 0.4) is 0 Å². The van der Waals surface area contributed by atoms with E-state index in [1.54, 1.807) is 0 Å². The molecule has 1 amide bonds. The maximum atomic E-state index is 12.1. The number of β-amino-alcohol motifs (C(OH)–C–C–N with tert-alkyl or cyclic N) is 1. The van der Waals surface area contributed by atoms with Crippen molar-refractivity contribution in [2.24, 2.45) is 0 Å². The molecule has 5 nitrogen and oxygen atoms in total. The standard InChI is InChI=1S/C18H35N3O2/c1-3-17-14-20(11-12-21(17)13-15(2)22)10-9-18(23)19-16-7-5-4-6-8-16/h15-17,22H,3-14H2,1-2H3,(H,19,23)/t15-,17+/m1/s1. The normalized spacial score (nSPS) is 26.1.